The Balaban J connectivity index is 2.49. The highest BCUT2D eigenvalue weighted by Gasteiger charge is 2.07. The van der Waals surface area contributed by atoms with Gasteiger partial charge in [-0.25, -0.2) is 0 Å². The van der Waals surface area contributed by atoms with Crippen molar-refractivity contribution in [1.82, 2.24) is 5.32 Å². The van der Waals surface area contributed by atoms with Gasteiger partial charge in [0.05, 0.1) is 11.0 Å². The average molecular weight is 199 g/mol. The Morgan fingerprint density at radius 1 is 1.77 bits per heavy atom. The van der Waals surface area contributed by atoms with E-state index < -0.39 is 6.10 Å². The van der Waals surface area contributed by atoms with E-state index in [4.69, 9.17) is 5.11 Å². The van der Waals surface area contributed by atoms with Gasteiger partial charge in [0.15, 0.2) is 0 Å². The summed E-state index contributed by atoms with van der Waals surface area (Å²) in [5, 5.41) is 13.5. The molecule has 0 aliphatic heterocycles. The Morgan fingerprint density at radius 3 is 2.92 bits per heavy atom. The fraction of sp³-hybridized carbons (Fsp3) is 0.444. The van der Waals surface area contributed by atoms with Crippen molar-refractivity contribution in [3.05, 3.63) is 21.9 Å². The number of aliphatic hydroxyl groups is 1. The Kier molecular flexibility index (Phi) is 3.45. The fourth-order valence-corrected chi connectivity index (χ4v) is 1.69. The molecule has 1 amide bonds. The Hall–Kier alpha value is -0.870. The molecule has 4 heteroatoms. The molecule has 0 saturated heterocycles. The van der Waals surface area contributed by atoms with Gasteiger partial charge in [-0.1, -0.05) is 0 Å². The van der Waals surface area contributed by atoms with Crippen LogP contribution in [0.4, 0.5) is 0 Å². The van der Waals surface area contributed by atoms with E-state index in [0.717, 1.165) is 5.56 Å². The Labute approximate surface area is 81.4 Å². The third-order valence-electron chi connectivity index (χ3n) is 1.51. The molecule has 3 nitrogen and oxygen atoms in total. The molecule has 0 aliphatic carbocycles. The van der Waals surface area contributed by atoms with Gasteiger partial charge in [0.1, 0.15) is 0 Å². The molecule has 2 N–H and O–H groups in total. The smallest absolute Gasteiger partial charge is 0.261 e. The van der Waals surface area contributed by atoms with E-state index in [1.165, 1.54) is 11.3 Å². The van der Waals surface area contributed by atoms with E-state index in [-0.39, 0.29) is 5.91 Å². The number of thiophene rings is 1. The molecular formula is C9H13NO2S. The van der Waals surface area contributed by atoms with Gasteiger partial charge < -0.3 is 10.4 Å². The average Bonchev–Trinajstić information content (AvgIpc) is 2.47. The second kappa shape index (κ2) is 4.39. The maximum Gasteiger partial charge on any atom is 0.261 e. The standard InChI is InChI=1S/C9H13NO2S/c1-6-3-8(13-5-6)9(12)10-4-7(2)11/h3,5,7,11H,4H2,1-2H3,(H,10,12)/t7-/m1/s1. The summed E-state index contributed by atoms with van der Waals surface area (Å²) >= 11 is 1.42. The number of nitrogens with one attached hydrogen (secondary N) is 1. The predicted molar refractivity (Wildman–Crippen MR) is 53.1 cm³/mol. The summed E-state index contributed by atoms with van der Waals surface area (Å²) < 4.78 is 0. The molecular weight excluding hydrogens is 186 g/mol. The molecule has 0 spiro atoms. The molecule has 0 bridgehead atoms. The van der Waals surface area contributed by atoms with Crippen molar-refractivity contribution < 1.29 is 9.90 Å². The summed E-state index contributed by atoms with van der Waals surface area (Å²) in [5.41, 5.74) is 1.09. The van der Waals surface area contributed by atoms with E-state index >= 15 is 0 Å². The first-order valence-corrected chi connectivity index (χ1v) is 4.99. The third kappa shape index (κ3) is 3.16. The van der Waals surface area contributed by atoms with E-state index in [0.29, 0.717) is 11.4 Å². The molecule has 1 aromatic heterocycles. The van der Waals surface area contributed by atoms with Crippen molar-refractivity contribution in [2.24, 2.45) is 0 Å². The molecule has 1 rings (SSSR count). The van der Waals surface area contributed by atoms with Crippen LogP contribution in [0.25, 0.3) is 0 Å². The highest BCUT2D eigenvalue weighted by molar-refractivity contribution is 7.12. The van der Waals surface area contributed by atoms with Crippen molar-refractivity contribution in [3.63, 3.8) is 0 Å². The number of carbonyl (C=O) groups excluding carboxylic acids is 1. The van der Waals surface area contributed by atoms with Crippen LogP contribution >= 0.6 is 11.3 Å². The molecule has 72 valence electrons. The van der Waals surface area contributed by atoms with Crippen LogP contribution in [-0.2, 0) is 0 Å². The van der Waals surface area contributed by atoms with Gasteiger partial charge in [-0.3, -0.25) is 4.79 Å². The van der Waals surface area contributed by atoms with Crippen LogP contribution in [0.5, 0.6) is 0 Å². The van der Waals surface area contributed by atoms with Gasteiger partial charge in [-0.05, 0) is 30.9 Å². The largest absolute Gasteiger partial charge is 0.392 e. The zero-order valence-electron chi connectivity index (χ0n) is 7.70. The predicted octanol–water partition coefficient (Wildman–Crippen LogP) is 1.17. The molecule has 1 heterocycles. The minimum absolute atomic E-state index is 0.112. The van der Waals surface area contributed by atoms with Gasteiger partial charge >= 0.3 is 0 Å². The molecule has 1 aromatic rings. The lowest BCUT2D eigenvalue weighted by Crippen LogP contribution is -2.29. The number of aryl methyl sites for hydroxylation is 1. The maximum atomic E-state index is 11.4. The molecule has 0 aliphatic rings. The minimum atomic E-state index is -0.495. The molecule has 0 radical (unpaired) electrons. The van der Waals surface area contributed by atoms with Crippen molar-refractivity contribution in [1.29, 1.82) is 0 Å². The Morgan fingerprint density at radius 2 is 2.46 bits per heavy atom. The van der Waals surface area contributed by atoms with E-state index in [2.05, 4.69) is 5.32 Å². The summed E-state index contributed by atoms with van der Waals surface area (Å²) in [7, 11) is 0. The van der Waals surface area contributed by atoms with Gasteiger partial charge in [-0.2, -0.15) is 0 Å². The van der Waals surface area contributed by atoms with Gasteiger partial charge in [-0.15, -0.1) is 11.3 Å². The first kappa shape index (κ1) is 10.2. The highest BCUT2D eigenvalue weighted by Crippen LogP contribution is 2.12. The van der Waals surface area contributed by atoms with Crippen LogP contribution in [0.3, 0.4) is 0 Å². The zero-order chi connectivity index (χ0) is 9.84. The fourth-order valence-electron chi connectivity index (χ4n) is 0.878. The first-order chi connectivity index (χ1) is 6.09. The normalized spacial score (nSPS) is 12.5. The number of hydrogen-bond acceptors (Lipinski definition) is 3. The third-order valence-corrected chi connectivity index (χ3v) is 2.56. The van der Waals surface area contributed by atoms with Crippen LogP contribution in [0.2, 0.25) is 0 Å². The van der Waals surface area contributed by atoms with E-state index in [1.54, 1.807) is 6.92 Å². The van der Waals surface area contributed by atoms with Gasteiger partial charge in [0.25, 0.3) is 5.91 Å². The topological polar surface area (TPSA) is 49.3 Å². The number of amides is 1. The number of aliphatic hydroxyl groups excluding tert-OH is 1. The highest BCUT2D eigenvalue weighted by atomic mass is 32.1. The summed E-state index contributed by atoms with van der Waals surface area (Å²) in [6.45, 7) is 3.89. The van der Waals surface area contributed by atoms with Crippen molar-refractivity contribution in [2.45, 2.75) is 20.0 Å². The number of rotatable bonds is 3. The van der Waals surface area contributed by atoms with Crippen molar-refractivity contribution >= 4 is 17.2 Å². The van der Waals surface area contributed by atoms with Gasteiger partial charge in [0.2, 0.25) is 0 Å². The lowest BCUT2D eigenvalue weighted by molar-refractivity contribution is 0.0928. The lowest BCUT2D eigenvalue weighted by Gasteiger charge is -2.04. The summed E-state index contributed by atoms with van der Waals surface area (Å²) in [5.74, 6) is -0.112. The lowest BCUT2D eigenvalue weighted by atomic mass is 10.3. The zero-order valence-corrected chi connectivity index (χ0v) is 8.52. The first-order valence-electron chi connectivity index (χ1n) is 4.11. The summed E-state index contributed by atoms with van der Waals surface area (Å²) in [6.07, 6.45) is -0.495. The van der Waals surface area contributed by atoms with E-state index in [1.807, 2.05) is 18.4 Å². The second-order valence-electron chi connectivity index (χ2n) is 3.05. The SMILES string of the molecule is Cc1csc(C(=O)NC[C@@H](C)O)c1. The van der Waals surface area contributed by atoms with Crippen LogP contribution in [0.1, 0.15) is 22.2 Å². The molecule has 0 aromatic carbocycles. The van der Waals surface area contributed by atoms with Crippen LogP contribution in [0.15, 0.2) is 11.4 Å². The van der Waals surface area contributed by atoms with Crippen molar-refractivity contribution in [2.75, 3.05) is 6.54 Å². The molecule has 13 heavy (non-hydrogen) atoms. The van der Waals surface area contributed by atoms with Crippen LogP contribution in [0, 0.1) is 6.92 Å². The second-order valence-corrected chi connectivity index (χ2v) is 3.96. The minimum Gasteiger partial charge on any atom is -0.392 e. The summed E-state index contributed by atoms with van der Waals surface area (Å²) in [4.78, 5) is 12.0. The molecule has 1 atom stereocenters. The van der Waals surface area contributed by atoms with Crippen molar-refractivity contribution in [3.8, 4) is 0 Å². The summed E-state index contributed by atoms with van der Waals surface area (Å²) in [6, 6.07) is 1.84. The number of hydrogen-bond donors (Lipinski definition) is 2. The number of carbonyl (C=O) groups is 1. The molecule has 0 unspecified atom stereocenters. The van der Waals surface area contributed by atoms with E-state index in [9.17, 15) is 4.79 Å². The molecule has 0 saturated carbocycles. The molecule has 0 fully saturated rings. The monoisotopic (exact) mass is 199 g/mol. The maximum absolute atomic E-state index is 11.4. The van der Waals surface area contributed by atoms with Gasteiger partial charge in [0, 0.05) is 6.54 Å². The van der Waals surface area contributed by atoms with Crippen LogP contribution in [-0.4, -0.2) is 23.7 Å². The quantitative estimate of drug-likeness (QED) is 0.767. The Bertz CT molecular complexity index is 294. The van der Waals surface area contributed by atoms with Crippen LogP contribution < -0.4 is 5.32 Å².